The van der Waals surface area contributed by atoms with Crippen molar-refractivity contribution in [2.75, 3.05) is 0 Å². The van der Waals surface area contributed by atoms with Crippen LogP contribution in [0.4, 0.5) is 4.39 Å². The number of nitrogens with one attached hydrogen (secondary N) is 1. The normalized spacial score (nSPS) is 9.83. The zero-order valence-corrected chi connectivity index (χ0v) is 7.03. The molecule has 64 valence electrons. The summed E-state index contributed by atoms with van der Waals surface area (Å²) in [5.74, 6) is -0.453. The molecule has 0 unspecified atom stereocenters. The Balaban J connectivity index is 2.97. The van der Waals surface area contributed by atoms with Gasteiger partial charge < -0.3 is 5.73 Å². The predicted molar refractivity (Wildman–Crippen MR) is 47.0 cm³/mol. The third kappa shape index (κ3) is 2.20. The van der Waals surface area contributed by atoms with Crippen LogP contribution in [-0.2, 0) is 6.42 Å². The number of nitrogens with two attached hydrogens (primary N) is 1. The molecule has 4 heteroatoms. The highest BCUT2D eigenvalue weighted by molar-refractivity contribution is 6.30. The first-order valence-corrected chi connectivity index (χ1v) is 3.74. The lowest BCUT2D eigenvalue weighted by Crippen LogP contribution is -2.13. The van der Waals surface area contributed by atoms with E-state index in [0.29, 0.717) is 10.6 Å². The minimum Gasteiger partial charge on any atom is -0.387 e. The summed E-state index contributed by atoms with van der Waals surface area (Å²) in [5.41, 5.74) is 5.47. The summed E-state index contributed by atoms with van der Waals surface area (Å²) < 4.78 is 12.9. The van der Waals surface area contributed by atoms with Crippen molar-refractivity contribution in [3.8, 4) is 0 Å². The van der Waals surface area contributed by atoms with Crippen molar-refractivity contribution in [1.29, 1.82) is 5.41 Å². The largest absolute Gasteiger partial charge is 0.387 e. The zero-order chi connectivity index (χ0) is 9.14. The first-order chi connectivity index (χ1) is 5.59. The minimum atomic E-state index is -0.380. The summed E-state index contributed by atoms with van der Waals surface area (Å²) in [7, 11) is 0. The smallest absolute Gasteiger partial charge is 0.126 e. The molecule has 0 aromatic heterocycles. The Labute approximate surface area is 74.7 Å². The first kappa shape index (κ1) is 9.00. The number of rotatable bonds is 2. The molecule has 0 radical (unpaired) electrons. The van der Waals surface area contributed by atoms with E-state index in [9.17, 15) is 4.39 Å². The van der Waals surface area contributed by atoms with E-state index in [1.807, 2.05) is 0 Å². The Kier molecular flexibility index (Phi) is 2.65. The van der Waals surface area contributed by atoms with Gasteiger partial charge in [0.2, 0.25) is 0 Å². The van der Waals surface area contributed by atoms with Crippen LogP contribution in [0.1, 0.15) is 5.56 Å². The van der Waals surface area contributed by atoms with Crippen LogP contribution in [0.2, 0.25) is 5.02 Å². The average Bonchev–Trinajstić information content (AvgIpc) is 1.96. The molecule has 0 saturated heterocycles. The molecular weight excluding hydrogens is 179 g/mol. The molecule has 1 rings (SSSR count). The molecule has 0 amide bonds. The van der Waals surface area contributed by atoms with Crippen molar-refractivity contribution in [3.63, 3.8) is 0 Å². The molecule has 0 saturated carbocycles. The van der Waals surface area contributed by atoms with Gasteiger partial charge in [0.1, 0.15) is 5.82 Å². The van der Waals surface area contributed by atoms with E-state index >= 15 is 0 Å². The van der Waals surface area contributed by atoms with E-state index < -0.39 is 0 Å². The van der Waals surface area contributed by atoms with Crippen LogP contribution >= 0.6 is 11.6 Å². The standard InChI is InChI=1S/C8H8ClFN2/c9-6-1-2-7(10)5(3-6)4-8(11)12/h1-3H,4H2,(H3,11,12). The van der Waals surface area contributed by atoms with Gasteiger partial charge in [-0.25, -0.2) is 4.39 Å². The van der Waals surface area contributed by atoms with Crippen LogP contribution in [0.5, 0.6) is 0 Å². The van der Waals surface area contributed by atoms with Gasteiger partial charge in [-0.15, -0.1) is 0 Å². The maximum Gasteiger partial charge on any atom is 0.126 e. The van der Waals surface area contributed by atoms with E-state index in [0.717, 1.165) is 0 Å². The molecular formula is C8H8ClFN2. The Morgan fingerprint density at radius 3 is 2.83 bits per heavy atom. The van der Waals surface area contributed by atoms with Crippen molar-refractivity contribution in [2.24, 2.45) is 5.73 Å². The van der Waals surface area contributed by atoms with Crippen molar-refractivity contribution >= 4 is 17.4 Å². The van der Waals surface area contributed by atoms with E-state index in [1.54, 1.807) is 0 Å². The SMILES string of the molecule is N=C(N)Cc1cc(Cl)ccc1F. The number of benzene rings is 1. The van der Waals surface area contributed by atoms with E-state index in [-0.39, 0.29) is 18.1 Å². The van der Waals surface area contributed by atoms with E-state index in [1.165, 1.54) is 18.2 Å². The fourth-order valence-electron chi connectivity index (χ4n) is 0.884. The molecule has 0 aliphatic heterocycles. The summed E-state index contributed by atoms with van der Waals surface area (Å²) in [6.07, 6.45) is 0.104. The lowest BCUT2D eigenvalue weighted by Gasteiger charge is -2.01. The monoisotopic (exact) mass is 186 g/mol. The van der Waals surface area contributed by atoms with E-state index in [2.05, 4.69) is 0 Å². The van der Waals surface area contributed by atoms with Crippen molar-refractivity contribution in [3.05, 3.63) is 34.6 Å². The van der Waals surface area contributed by atoms with Gasteiger partial charge in [0.05, 0.1) is 5.84 Å². The molecule has 0 heterocycles. The third-order valence-electron chi connectivity index (χ3n) is 1.39. The Morgan fingerprint density at radius 1 is 1.58 bits per heavy atom. The number of hydrogen-bond donors (Lipinski definition) is 2. The Bertz CT molecular complexity index is 312. The van der Waals surface area contributed by atoms with Gasteiger partial charge in [-0.2, -0.15) is 0 Å². The summed E-state index contributed by atoms with van der Waals surface area (Å²) in [4.78, 5) is 0. The molecule has 12 heavy (non-hydrogen) atoms. The summed E-state index contributed by atoms with van der Waals surface area (Å²) in [6.45, 7) is 0. The lowest BCUT2D eigenvalue weighted by molar-refractivity contribution is 0.616. The Hall–Kier alpha value is -1.09. The Morgan fingerprint density at radius 2 is 2.25 bits per heavy atom. The van der Waals surface area contributed by atoms with Crippen LogP contribution in [0.15, 0.2) is 18.2 Å². The average molecular weight is 187 g/mol. The molecule has 0 atom stereocenters. The molecule has 2 nitrogen and oxygen atoms in total. The molecule has 0 fully saturated rings. The maximum absolute atomic E-state index is 12.9. The van der Waals surface area contributed by atoms with E-state index in [4.69, 9.17) is 22.7 Å². The zero-order valence-electron chi connectivity index (χ0n) is 6.27. The second-order valence-electron chi connectivity index (χ2n) is 2.44. The van der Waals surface area contributed by atoms with Crippen molar-refractivity contribution in [2.45, 2.75) is 6.42 Å². The van der Waals surface area contributed by atoms with Crippen molar-refractivity contribution in [1.82, 2.24) is 0 Å². The molecule has 0 bridgehead atoms. The molecule has 3 N–H and O–H groups in total. The topological polar surface area (TPSA) is 49.9 Å². The minimum absolute atomic E-state index is 0.0730. The second-order valence-corrected chi connectivity index (χ2v) is 2.87. The molecule has 0 spiro atoms. The third-order valence-corrected chi connectivity index (χ3v) is 1.62. The fourth-order valence-corrected chi connectivity index (χ4v) is 1.08. The highest BCUT2D eigenvalue weighted by atomic mass is 35.5. The molecule has 0 aliphatic rings. The number of halogens is 2. The van der Waals surface area contributed by atoms with Gasteiger partial charge in [-0.1, -0.05) is 11.6 Å². The van der Waals surface area contributed by atoms with Crippen LogP contribution in [0.3, 0.4) is 0 Å². The maximum atomic E-state index is 12.9. The van der Waals surface area contributed by atoms with Gasteiger partial charge >= 0.3 is 0 Å². The number of hydrogen-bond acceptors (Lipinski definition) is 1. The van der Waals surface area contributed by atoms with Crippen molar-refractivity contribution < 1.29 is 4.39 Å². The van der Waals surface area contributed by atoms with Gasteiger partial charge in [0.25, 0.3) is 0 Å². The second kappa shape index (κ2) is 3.54. The van der Waals surface area contributed by atoms with Crippen LogP contribution < -0.4 is 5.73 Å². The highest BCUT2D eigenvalue weighted by Gasteiger charge is 2.03. The molecule has 1 aromatic carbocycles. The number of amidine groups is 1. The van der Waals surface area contributed by atoms with Gasteiger partial charge in [-0.3, -0.25) is 5.41 Å². The molecule has 1 aromatic rings. The highest BCUT2D eigenvalue weighted by Crippen LogP contribution is 2.14. The quantitative estimate of drug-likeness (QED) is 0.539. The fraction of sp³-hybridized carbons (Fsp3) is 0.125. The van der Waals surface area contributed by atoms with Crippen LogP contribution in [-0.4, -0.2) is 5.84 Å². The van der Waals surface area contributed by atoms with Gasteiger partial charge in [0.15, 0.2) is 0 Å². The van der Waals surface area contributed by atoms with Gasteiger partial charge in [-0.05, 0) is 23.8 Å². The van der Waals surface area contributed by atoms with Crippen LogP contribution in [0, 0.1) is 11.2 Å². The summed E-state index contributed by atoms with van der Waals surface area (Å²) in [5, 5.41) is 7.42. The first-order valence-electron chi connectivity index (χ1n) is 3.36. The predicted octanol–water partition coefficient (Wildman–Crippen LogP) is 1.96. The lowest BCUT2D eigenvalue weighted by atomic mass is 10.1. The molecule has 0 aliphatic carbocycles. The van der Waals surface area contributed by atoms with Crippen LogP contribution in [0.25, 0.3) is 0 Å². The summed E-state index contributed by atoms with van der Waals surface area (Å²) >= 11 is 5.62. The summed E-state index contributed by atoms with van der Waals surface area (Å²) in [6, 6.07) is 4.19. The van der Waals surface area contributed by atoms with Gasteiger partial charge in [0, 0.05) is 11.4 Å².